The Morgan fingerprint density at radius 2 is 1.25 bits per heavy atom. The number of hydrogen-bond donors (Lipinski definition) is 0. The van der Waals surface area contributed by atoms with Crippen LogP contribution in [0.3, 0.4) is 0 Å². The molecule has 16 heavy (non-hydrogen) atoms. The molecular formula is C13H9Cl2N. The molecule has 3 rings (SSSR count). The first kappa shape index (κ1) is 10.0. The van der Waals surface area contributed by atoms with Gasteiger partial charge in [-0.05, 0) is 24.3 Å². The number of halogens is 2. The molecule has 80 valence electrons. The van der Waals surface area contributed by atoms with Gasteiger partial charge in [0.05, 0.1) is 11.0 Å². The molecule has 1 heterocycles. The predicted molar refractivity (Wildman–Crippen MR) is 70.4 cm³/mol. The first-order chi connectivity index (χ1) is 7.66. The summed E-state index contributed by atoms with van der Waals surface area (Å²) in [5, 5.41) is 3.92. The van der Waals surface area contributed by atoms with Crippen molar-refractivity contribution < 1.29 is 0 Å². The van der Waals surface area contributed by atoms with Crippen molar-refractivity contribution in [3.8, 4) is 0 Å². The lowest BCUT2D eigenvalue weighted by Crippen LogP contribution is -1.85. The summed E-state index contributed by atoms with van der Waals surface area (Å²) in [6, 6.07) is 11.9. The van der Waals surface area contributed by atoms with Crippen molar-refractivity contribution in [1.82, 2.24) is 4.57 Å². The third-order valence-corrected chi connectivity index (χ3v) is 3.40. The van der Waals surface area contributed by atoms with E-state index in [1.54, 1.807) is 0 Å². The first-order valence-electron chi connectivity index (χ1n) is 5.00. The number of aromatic nitrogens is 1. The van der Waals surface area contributed by atoms with Crippen LogP contribution >= 0.6 is 23.2 Å². The maximum absolute atomic E-state index is 6.01. The molecule has 0 atom stereocenters. The predicted octanol–water partition coefficient (Wildman–Crippen LogP) is 4.64. The van der Waals surface area contributed by atoms with E-state index in [1.165, 1.54) is 10.8 Å². The van der Waals surface area contributed by atoms with E-state index in [0.29, 0.717) is 0 Å². The number of fused-ring (bicyclic) bond motifs is 3. The largest absolute Gasteiger partial charge is 0.344 e. The van der Waals surface area contributed by atoms with Crippen LogP contribution in [0.5, 0.6) is 0 Å². The van der Waals surface area contributed by atoms with Crippen LogP contribution in [0.1, 0.15) is 0 Å². The Morgan fingerprint density at radius 3 is 1.69 bits per heavy atom. The Bertz CT molecular complexity index is 639. The van der Waals surface area contributed by atoms with Gasteiger partial charge in [0.15, 0.2) is 0 Å². The highest BCUT2D eigenvalue weighted by molar-refractivity contribution is 6.32. The molecular weight excluding hydrogens is 241 g/mol. The Labute approximate surface area is 103 Å². The Balaban J connectivity index is 2.59. The van der Waals surface area contributed by atoms with Crippen molar-refractivity contribution >= 4 is 45.0 Å². The molecule has 0 aliphatic heterocycles. The van der Waals surface area contributed by atoms with Gasteiger partial charge in [0.25, 0.3) is 0 Å². The van der Waals surface area contributed by atoms with Gasteiger partial charge < -0.3 is 4.57 Å². The average molecular weight is 250 g/mol. The lowest BCUT2D eigenvalue weighted by atomic mass is 10.1. The summed E-state index contributed by atoms with van der Waals surface area (Å²) in [6.45, 7) is 0. The van der Waals surface area contributed by atoms with Crippen LogP contribution in [-0.2, 0) is 7.05 Å². The van der Waals surface area contributed by atoms with Gasteiger partial charge in [-0.1, -0.05) is 35.3 Å². The topological polar surface area (TPSA) is 4.93 Å². The maximum atomic E-state index is 6.01. The van der Waals surface area contributed by atoms with Gasteiger partial charge in [0, 0.05) is 27.9 Å². The van der Waals surface area contributed by atoms with E-state index < -0.39 is 0 Å². The van der Waals surface area contributed by atoms with Crippen molar-refractivity contribution in [2.45, 2.75) is 0 Å². The van der Waals surface area contributed by atoms with Crippen molar-refractivity contribution in [3.63, 3.8) is 0 Å². The quantitative estimate of drug-likeness (QED) is 0.547. The van der Waals surface area contributed by atoms with Crippen molar-refractivity contribution in [3.05, 3.63) is 46.4 Å². The highest BCUT2D eigenvalue weighted by atomic mass is 35.5. The number of nitrogens with zero attached hydrogens (tertiary/aromatic N) is 1. The Hall–Kier alpha value is -1.18. The summed E-state index contributed by atoms with van der Waals surface area (Å²) < 4.78 is 2.11. The molecule has 3 aromatic rings. The van der Waals surface area contributed by atoms with Crippen LogP contribution in [0.25, 0.3) is 21.8 Å². The van der Waals surface area contributed by atoms with Gasteiger partial charge >= 0.3 is 0 Å². The third-order valence-electron chi connectivity index (χ3n) is 2.93. The molecule has 3 heteroatoms. The minimum Gasteiger partial charge on any atom is -0.344 e. The SMILES string of the molecule is Cn1c2cc(Cl)ccc2c2ccc(Cl)cc21. The smallest absolute Gasteiger partial charge is 0.0503 e. The molecule has 1 aromatic heterocycles. The molecule has 0 radical (unpaired) electrons. The minimum atomic E-state index is 0.754. The zero-order chi connectivity index (χ0) is 11.3. The molecule has 0 amide bonds. The molecule has 0 aliphatic rings. The number of hydrogen-bond acceptors (Lipinski definition) is 0. The second kappa shape index (κ2) is 3.41. The van der Waals surface area contributed by atoms with Crippen LogP contribution in [-0.4, -0.2) is 4.57 Å². The molecule has 0 aliphatic carbocycles. The molecule has 0 N–H and O–H groups in total. The third kappa shape index (κ3) is 1.32. The van der Waals surface area contributed by atoms with E-state index in [-0.39, 0.29) is 0 Å². The number of rotatable bonds is 0. The lowest BCUT2D eigenvalue weighted by molar-refractivity contribution is 1.01. The van der Waals surface area contributed by atoms with E-state index in [9.17, 15) is 0 Å². The van der Waals surface area contributed by atoms with E-state index in [2.05, 4.69) is 4.57 Å². The van der Waals surface area contributed by atoms with Crippen LogP contribution in [0.2, 0.25) is 10.0 Å². The maximum Gasteiger partial charge on any atom is 0.0503 e. The van der Waals surface area contributed by atoms with Crippen LogP contribution in [0.15, 0.2) is 36.4 Å². The normalized spacial score (nSPS) is 11.4. The fraction of sp³-hybridized carbons (Fsp3) is 0.0769. The summed E-state index contributed by atoms with van der Waals surface area (Å²) in [4.78, 5) is 0. The molecule has 0 fully saturated rings. The monoisotopic (exact) mass is 249 g/mol. The second-order valence-corrected chi connectivity index (χ2v) is 4.75. The molecule has 0 spiro atoms. The van der Waals surface area contributed by atoms with Crippen molar-refractivity contribution in [1.29, 1.82) is 0 Å². The van der Waals surface area contributed by atoms with Gasteiger partial charge in [0.1, 0.15) is 0 Å². The fourth-order valence-corrected chi connectivity index (χ4v) is 2.48. The summed E-state index contributed by atoms with van der Waals surface area (Å²) in [7, 11) is 2.03. The van der Waals surface area contributed by atoms with Crippen LogP contribution in [0, 0.1) is 0 Å². The average Bonchev–Trinajstić information content (AvgIpc) is 2.53. The minimum absolute atomic E-state index is 0.754. The Morgan fingerprint density at radius 1 is 0.812 bits per heavy atom. The fourth-order valence-electron chi connectivity index (χ4n) is 2.15. The molecule has 0 saturated carbocycles. The Kier molecular flexibility index (Phi) is 2.13. The zero-order valence-electron chi connectivity index (χ0n) is 8.67. The van der Waals surface area contributed by atoms with E-state index >= 15 is 0 Å². The van der Waals surface area contributed by atoms with Crippen molar-refractivity contribution in [2.24, 2.45) is 7.05 Å². The molecule has 1 nitrogen and oxygen atoms in total. The van der Waals surface area contributed by atoms with Crippen LogP contribution < -0.4 is 0 Å². The highest BCUT2D eigenvalue weighted by Crippen LogP contribution is 2.31. The lowest BCUT2D eigenvalue weighted by Gasteiger charge is -1.97. The zero-order valence-corrected chi connectivity index (χ0v) is 10.2. The molecule has 2 aromatic carbocycles. The van der Waals surface area contributed by atoms with E-state index in [4.69, 9.17) is 23.2 Å². The van der Waals surface area contributed by atoms with E-state index in [1.807, 2.05) is 43.4 Å². The summed E-state index contributed by atoms with van der Waals surface area (Å²) in [5.74, 6) is 0. The first-order valence-corrected chi connectivity index (χ1v) is 5.75. The highest BCUT2D eigenvalue weighted by Gasteiger charge is 2.08. The van der Waals surface area contributed by atoms with Crippen LogP contribution in [0.4, 0.5) is 0 Å². The van der Waals surface area contributed by atoms with E-state index in [0.717, 1.165) is 21.1 Å². The van der Waals surface area contributed by atoms with Gasteiger partial charge in [-0.15, -0.1) is 0 Å². The number of aryl methyl sites for hydroxylation is 1. The molecule has 0 bridgehead atoms. The van der Waals surface area contributed by atoms with Gasteiger partial charge in [-0.25, -0.2) is 0 Å². The standard InChI is InChI=1S/C13H9Cl2N/c1-16-12-6-8(14)2-4-10(12)11-5-3-9(15)7-13(11)16/h2-7H,1H3. The summed E-state index contributed by atoms with van der Waals surface area (Å²) in [5.41, 5.74) is 2.26. The van der Waals surface area contributed by atoms with Gasteiger partial charge in [0.2, 0.25) is 0 Å². The summed E-state index contributed by atoms with van der Waals surface area (Å²) in [6.07, 6.45) is 0. The number of benzene rings is 2. The van der Waals surface area contributed by atoms with Gasteiger partial charge in [-0.3, -0.25) is 0 Å². The van der Waals surface area contributed by atoms with Crippen molar-refractivity contribution in [2.75, 3.05) is 0 Å². The molecule has 0 saturated heterocycles. The summed E-state index contributed by atoms with van der Waals surface area (Å²) >= 11 is 12.0. The van der Waals surface area contributed by atoms with Gasteiger partial charge in [-0.2, -0.15) is 0 Å². The second-order valence-electron chi connectivity index (χ2n) is 3.88. The molecule has 0 unspecified atom stereocenters.